The van der Waals surface area contributed by atoms with E-state index in [1.807, 2.05) is 6.92 Å². The number of benzene rings is 1. The van der Waals surface area contributed by atoms with Gasteiger partial charge in [-0.15, -0.1) is 0 Å². The van der Waals surface area contributed by atoms with Gasteiger partial charge in [0, 0.05) is 0 Å². The van der Waals surface area contributed by atoms with Crippen LogP contribution >= 0.6 is 0 Å². The van der Waals surface area contributed by atoms with Crippen molar-refractivity contribution in [2.75, 3.05) is 19.6 Å². The van der Waals surface area contributed by atoms with E-state index in [-0.39, 0.29) is 0 Å². The third kappa shape index (κ3) is 5.29. The van der Waals surface area contributed by atoms with Gasteiger partial charge in [0.05, 0.1) is 0 Å². The van der Waals surface area contributed by atoms with Gasteiger partial charge in [-0.3, -0.25) is 0 Å². The van der Waals surface area contributed by atoms with Crippen molar-refractivity contribution in [3.8, 4) is 0 Å². The van der Waals surface area contributed by atoms with Crippen molar-refractivity contribution < 1.29 is 0 Å². The van der Waals surface area contributed by atoms with Gasteiger partial charge in [0.15, 0.2) is 0 Å². The Morgan fingerprint density at radius 1 is 1.19 bits per heavy atom. The summed E-state index contributed by atoms with van der Waals surface area (Å²) in [7, 11) is 0. The quantitative estimate of drug-likeness (QED) is 0.802. The van der Waals surface area contributed by atoms with Crippen molar-refractivity contribution in [1.29, 1.82) is 0 Å². The first kappa shape index (κ1) is 13.2. The van der Waals surface area contributed by atoms with Crippen LogP contribution in [0.2, 0.25) is 0 Å². The summed E-state index contributed by atoms with van der Waals surface area (Å²) in [5.41, 5.74) is 6.34. The molecule has 1 fully saturated rings. The molecule has 3 N–H and O–H groups in total. The van der Waals surface area contributed by atoms with Crippen molar-refractivity contribution in [3.63, 3.8) is 0 Å². The first-order chi connectivity index (χ1) is 7.86. The summed E-state index contributed by atoms with van der Waals surface area (Å²) in [5, 5.41) is 3.40. The smallest absolute Gasteiger partial charge is 0.00462 e. The van der Waals surface area contributed by atoms with Crippen molar-refractivity contribution >= 4 is 0 Å². The van der Waals surface area contributed by atoms with Crippen LogP contribution in [0.1, 0.15) is 25.3 Å². The monoisotopic (exact) mass is 220 g/mol. The second kappa shape index (κ2) is 8.31. The van der Waals surface area contributed by atoms with Gasteiger partial charge in [-0.05, 0) is 50.4 Å². The summed E-state index contributed by atoms with van der Waals surface area (Å²) >= 11 is 0. The van der Waals surface area contributed by atoms with Gasteiger partial charge in [0.2, 0.25) is 0 Å². The molecule has 0 aromatic heterocycles. The van der Waals surface area contributed by atoms with Crippen molar-refractivity contribution in [2.24, 2.45) is 11.7 Å². The molecule has 0 unspecified atom stereocenters. The fourth-order valence-electron chi connectivity index (χ4n) is 2.03. The van der Waals surface area contributed by atoms with Crippen molar-refractivity contribution in [3.05, 3.63) is 35.9 Å². The fraction of sp³-hybridized carbons (Fsp3) is 0.571. The fourth-order valence-corrected chi connectivity index (χ4v) is 2.03. The molecule has 2 nitrogen and oxygen atoms in total. The normalized spacial score (nSPS) is 16.4. The summed E-state index contributed by atoms with van der Waals surface area (Å²) in [6.07, 6.45) is 3.95. The lowest BCUT2D eigenvalue weighted by Gasteiger charge is -2.22. The minimum Gasteiger partial charge on any atom is -0.331 e. The van der Waals surface area contributed by atoms with Crippen LogP contribution in [0, 0.1) is 5.92 Å². The molecule has 0 bridgehead atoms. The lowest BCUT2D eigenvalue weighted by atomic mass is 9.91. The molecule has 0 aliphatic carbocycles. The third-order valence-electron chi connectivity index (χ3n) is 2.83. The van der Waals surface area contributed by atoms with Gasteiger partial charge in [-0.1, -0.05) is 37.3 Å². The molecular weight excluding hydrogens is 196 g/mol. The van der Waals surface area contributed by atoms with Gasteiger partial charge in [0.1, 0.15) is 0 Å². The van der Waals surface area contributed by atoms with Gasteiger partial charge in [-0.25, -0.2) is 0 Å². The highest BCUT2D eigenvalue weighted by molar-refractivity contribution is 5.15. The number of nitrogens with one attached hydrogen (secondary N) is 1. The molecule has 1 aliphatic heterocycles. The zero-order chi connectivity index (χ0) is 11.6. The SMILES string of the molecule is CCN.c1ccc(CC2CCNCC2)cc1. The Hall–Kier alpha value is -0.860. The zero-order valence-electron chi connectivity index (χ0n) is 10.3. The van der Waals surface area contributed by atoms with Gasteiger partial charge in [-0.2, -0.15) is 0 Å². The van der Waals surface area contributed by atoms with E-state index in [2.05, 4.69) is 35.6 Å². The van der Waals surface area contributed by atoms with E-state index in [1.165, 1.54) is 37.9 Å². The maximum absolute atomic E-state index is 4.85. The molecule has 1 saturated heterocycles. The molecule has 16 heavy (non-hydrogen) atoms. The van der Waals surface area contributed by atoms with Crippen LogP contribution in [-0.2, 0) is 6.42 Å². The molecule has 0 radical (unpaired) electrons. The average molecular weight is 220 g/mol. The highest BCUT2D eigenvalue weighted by atomic mass is 14.9. The van der Waals surface area contributed by atoms with E-state index in [0.29, 0.717) is 0 Å². The lowest BCUT2D eigenvalue weighted by Crippen LogP contribution is -2.28. The lowest BCUT2D eigenvalue weighted by molar-refractivity contribution is 0.372. The molecule has 0 saturated carbocycles. The predicted molar refractivity (Wildman–Crippen MR) is 70.5 cm³/mol. The summed E-state index contributed by atoms with van der Waals surface area (Å²) in [4.78, 5) is 0. The van der Waals surface area contributed by atoms with Crippen LogP contribution in [0.5, 0.6) is 0 Å². The van der Waals surface area contributed by atoms with E-state index < -0.39 is 0 Å². The highest BCUT2D eigenvalue weighted by Gasteiger charge is 2.12. The van der Waals surface area contributed by atoms with E-state index in [9.17, 15) is 0 Å². The summed E-state index contributed by atoms with van der Waals surface area (Å²) < 4.78 is 0. The van der Waals surface area contributed by atoms with Gasteiger partial charge < -0.3 is 11.1 Å². The molecule has 1 aromatic rings. The maximum atomic E-state index is 4.85. The Bertz CT molecular complexity index is 253. The molecule has 0 atom stereocenters. The number of nitrogens with two attached hydrogens (primary N) is 1. The molecule has 2 heteroatoms. The Morgan fingerprint density at radius 2 is 1.75 bits per heavy atom. The first-order valence-corrected chi connectivity index (χ1v) is 6.31. The molecule has 1 heterocycles. The maximum Gasteiger partial charge on any atom is -0.00462 e. The summed E-state index contributed by atoms with van der Waals surface area (Å²) in [6.45, 7) is 5.06. The Balaban J connectivity index is 0.000000386. The first-order valence-electron chi connectivity index (χ1n) is 6.31. The second-order valence-electron chi connectivity index (χ2n) is 4.29. The van der Waals surface area contributed by atoms with Crippen LogP contribution < -0.4 is 11.1 Å². The predicted octanol–water partition coefficient (Wildman–Crippen LogP) is 2.19. The standard InChI is InChI=1S/C12H17N.C2H7N/c1-2-4-11(5-3-1)10-12-6-8-13-9-7-12;1-2-3/h1-5,12-13H,6-10H2;2-3H2,1H3. The Morgan fingerprint density at radius 3 is 2.31 bits per heavy atom. The van der Waals surface area contributed by atoms with Gasteiger partial charge in [0.25, 0.3) is 0 Å². The minimum absolute atomic E-state index is 0.750. The molecule has 1 aromatic carbocycles. The Labute approximate surface area is 99.2 Å². The molecule has 0 amide bonds. The molecule has 2 rings (SSSR count). The summed E-state index contributed by atoms with van der Waals surface area (Å²) in [6, 6.07) is 10.8. The average Bonchev–Trinajstić information content (AvgIpc) is 2.33. The number of hydrogen-bond donors (Lipinski definition) is 2. The number of piperidine rings is 1. The van der Waals surface area contributed by atoms with Crippen LogP contribution in [-0.4, -0.2) is 19.6 Å². The zero-order valence-corrected chi connectivity index (χ0v) is 10.3. The molecule has 1 aliphatic rings. The van der Waals surface area contributed by atoms with E-state index >= 15 is 0 Å². The van der Waals surface area contributed by atoms with Crippen molar-refractivity contribution in [2.45, 2.75) is 26.2 Å². The molecule has 90 valence electrons. The number of hydrogen-bond acceptors (Lipinski definition) is 2. The van der Waals surface area contributed by atoms with Crippen LogP contribution in [0.4, 0.5) is 0 Å². The molecular formula is C14H24N2. The largest absolute Gasteiger partial charge is 0.331 e. The van der Waals surface area contributed by atoms with E-state index in [0.717, 1.165) is 12.5 Å². The minimum atomic E-state index is 0.750. The van der Waals surface area contributed by atoms with Gasteiger partial charge >= 0.3 is 0 Å². The van der Waals surface area contributed by atoms with Crippen molar-refractivity contribution in [1.82, 2.24) is 5.32 Å². The van der Waals surface area contributed by atoms with Crippen LogP contribution in [0.15, 0.2) is 30.3 Å². The van der Waals surface area contributed by atoms with E-state index in [1.54, 1.807) is 0 Å². The molecule has 0 spiro atoms. The van der Waals surface area contributed by atoms with E-state index in [4.69, 9.17) is 5.73 Å². The third-order valence-corrected chi connectivity index (χ3v) is 2.83. The Kier molecular flexibility index (Phi) is 6.86. The topological polar surface area (TPSA) is 38.0 Å². The summed E-state index contributed by atoms with van der Waals surface area (Å²) in [5.74, 6) is 0.906. The number of rotatable bonds is 2. The van der Waals surface area contributed by atoms with Crippen LogP contribution in [0.25, 0.3) is 0 Å². The highest BCUT2D eigenvalue weighted by Crippen LogP contribution is 2.17. The van der Waals surface area contributed by atoms with Crippen LogP contribution in [0.3, 0.4) is 0 Å². The second-order valence-corrected chi connectivity index (χ2v) is 4.29.